The summed E-state index contributed by atoms with van der Waals surface area (Å²) in [7, 11) is 1.71. The molecule has 39 heavy (non-hydrogen) atoms. The van der Waals surface area contributed by atoms with E-state index >= 15 is 0 Å². The Morgan fingerprint density at radius 3 is 2.79 bits per heavy atom. The zero-order chi connectivity index (χ0) is 27.7. The molecule has 0 saturated heterocycles. The third kappa shape index (κ3) is 6.09. The fourth-order valence-electron chi connectivity index (χ4n) is 4.39. The molecule has 0 radical (unpaired) electrons. The van der Waals surface area contributed by atoms with Crippen molar-refractivity contribution in [1.29, 1.82) is 0 Å². The van der Waals surface area contributed by atoms with Crippen molar-refractivity contribution in [2.24, 2.45) is 5.10 Å². The molecular weight excluding hydrogens is 567 g/mol. The molecule has 11 nitrogen and oxygen atoms in total. The number of carbonyl (C=O) groups is 2. The van der Waals surface area contributed by atoms with Crippen LogP contribution in [0.25, 0.3) is 0 Å². The number of rotatable bonds is 7. The number of anilines is 1. The Morgan fingerprint density at radius 2 is 2.08 bits per heavy atom. The van der Waals surface area contributed by atoms with Crippen molar-refractivity contribution in [2.45, 2.75) is 24.8 Å². The summed E-state index contributed by atoms with van der Waals surface area (Å²) in [4.78, 5) is 34.2. The number of hydrogen-bond donors (Lipinski definition) is 2. The molecule has 1 aliphatic carbocycles. The maximum atomic E-state index is 13.5. The Hall–Kier alpha value is -3.45. The second kappa shape index (κ2) is 11.3. The maximum Gasteiger partial charge on any atom is 0.256 e. The van der Waals surface area contributed by atoms with Gasteiger partial charge >= 0.3 is 0 Å². The van der Waals surface area contributed by atoms with Gasteiger partial charge in [-0.15, -0.1) is 0 Å². The second-order valence-electron chi connectivity index (χ2n) is 9.16. The maximum absolute atomic E-state index is 13.5. The summed E-state index contributed by atoms with van der Waals surface area (Å²) in [6.45, 7) is 0.431. The van der Waals surface area contributed by atoms with E-state index < -0.39 is 17.3 Å². The lowest BCUT2D eigenvalue weighted by Gasteiger charge is -2.29. The fourth-order valence-corrected chi connectivity index (χ4v) is 5.07. The predicted octanol–water partition coefficient (Wildman–Crippen LogP) is 3.16. The Morgan fingerprint density at radius 1 is 1.28 bits per heavy atom. The molecule has 2 amide bonds. The van der Waals surface area contributed by atoms with Gasteiger partial charge in [-0.2, -0.15) is 5.10 Å². The predicted molar refractivity (Wildman–Crippen MR) is 145 cm³/mol. The molecule has 0 spiro atoms. The van der Waals surface area contributed by atoms with Gasteiger partial charge < -0.3 is 29.3 Å². The van der Waals surface area contributed by atoms with Crippen LogP contribution in [0.15, 0.2) is 65.2 Å². The number of amidine groups is 1. The lowest BCUT2D eigenvalue weighted by Crippen LogP contribution is -2.37. The lowest BCUT2D eigenvalue weighted by atomic mass is 10.0. The van der Waals surface area contributed by atoms with Crippen LogP contribution in [0.1, 0.15) is 34.8 Å². The Labute approximate surface area is 237 Å². The minimum absolute atomic E-state index is 0.0322. The number of nitrogens with one attached hydrogen (secondary N) is 2. The molecule has 2 unspecified atom stereocenters. The zero-order valence-corrected chi connectivity index (χ0v) is 22.9. The molecule has 14 heteroatoms. The summed E-state index contributed by atoms with van der Waals surface area (Å²) < 4.78 is 27.6. The Kier molecular flexibility index (Phi) is 7.89. The molecular formula is C25H23Cl2N6O5S-. The Balaban J connectivity index is 1.41. The largest absolute Gasteiger partial charge is 0.740 e. The number of pyridine rings is 1. The smallest absolute Gasteiger partial charge is 0.256 e. The fraction of sp³-hybridized carbons (Fsp3) is 0.280. The molecule has 3 aliphatic rings. The van der Waals surface area contributed by atoms with E-state index in [9.17, 15) is 18.4 Å². The summed E-state index contributed by atoms with van der Waals surface area (Å²) in [5, 5.41) is 7.93. The van der Waals surface area contributed by atoms with Gasteiger partial charge in [-0.05, 0) is 49.2 Å². The lowest BCUT2D eigenvalue weighted by molar-refractivity contribution is -0.113. The van der Waals surface area contributed by atoms with E-state index in [4.69, 9.17) is 27.4 Å². The molecule has 1 aromatic heterocycles. The quantitative estimate of drug-likeness (QED) is 0.469. The van der Waals surface area contributed by atoms with Gasteiger partial charge in [0.2, 0.25) is 0 Å². The van der Waals surface area contributed by atoms with Crippen molar-refractivity contribution in [3.8, 4) is 0 Å². The molecule has 5 rings (SSSR count). The third-order valence-electron chi connectivity index (χ3n) is 6.48. The highest BCUT2D eigenvalue weighted by Crippen LogP contribution is 2.31. The number of amides is 2. The molecule has 2 aromatic rings. The summed E-state index contributed by atoms with van der Waals surface area (Å²) in [5.74, 6) is -0.812. The van der Waals surface area contributed by atoms with Crippen molar-refractivity contribution >= 4 is 57.9 Å². The number of carbonyl (C=O) groups excluding carboxylic acids is 2. The van der Waals surface area contributed by atoms with Gasteiger partial charge in [-0.1, -0.05) is 23.2 Å². The molecule has 2 N–H and O–H groups in total. The average molecular weight is 590 g/mol. The van der Waals surface area contributed by atoms with Crippen LogP contribution in [0, 0.1) is 0 Å². The monoisotopic (exact) mass is 589 g/mol. The van der Waals surface area contributed by atoms with Gasteiger partial charge in [0, 0.05) is 42.6 Å². The summed E-state index contributed by atoms with van der Waals surface area (Å²) >= 11 is 9.65. The first kappa shape index (κ1) is 27.1. The SMILES string of the molecule is CN(C(=O)c1cc(Cl)ccc1NC(=O)C1=CC(OS(=O)[O-])=CN(C2=NNCC2c2ncccc2Cl)C1)C1CC1. The molecule has 1 saturated carbocycles. The number of nitrogens with zero attached hydrogens (tertiary/aromatic N) is 4. The first-order valence-corrected chi connectivity index (χ1v) is 13.7. The van der Waals surface area contributed by atoms with Crippen LogP contribution in [0.4, 0.5) is 5.69 Å². The minimum atomic E-state index is -2.89. The molecule has 2 atom stereocenters. The highest BCUT2D eigenvalue weighted by Gasteiger charge is 2.34. The van der Waals surface area contributed by atoms with Gasteiger partial charge in [-0.25, -0.2) is 4.21 Å². The van der Waals surface area contributed by atoms with E-state index in [1.165, 1.54) is 18.3 Å². The van der Waals surface area contributed by atoms with Crippen LogP contribution in [-0.2, 0) is 20.3 Å². The second-order valence-corrected chi connectivity index (χ2v) is 10.6. The molecule has 3 heterocycles. The number of allylic oxidation sites excluding steroid dienone is 1. The van der Waals surface area contributed by atoms with Crippen LogP contribution >= 0.6 is 23.2 Å². The number of aromatic nitrogens is 1. The Bertz CT molecular complexity index is 1440. The topological polar surface area (TPSA) is 139 Å². The van der Waals surface area contributed by atoms with Crippen LogP contribution in [0.3, 0.4) is 0 Å². The van der Waals surface area contributed by atoms with E-state index in [0.29, 0.717) is 28.1 Å². The molecule has 2 aliphatic heterocycles. The van der Waals surface area contributed by atoms with Crippen LogP contribution < -0.4 is 10.7 Å². The van der Waals surface area contributed by atoms with Gasteiger partial charge in [-0.3, -0.25) is 14.6 Å². The van der Waals surface area contributed by atoms with E-state index in [1.807, 2.05) is 0 Å². The number of hydrogen-bond acceptors (Lipinski definition) is 9. The van der Waals surface area contributed by atoms with Crippen LogP contribution in [0.5, 0.6) is 0 Å². The standard InChI is InChI=1S/C25H24Cl2N6O5S/c1-32(16-5-6-16)25(35)18-10-15(26)4-7-21(18)30-24(34)14-9-17(38-39(36)37)13-33(12-14)23-19(11-29-31-23)22-20(27)3-2-8-28-22/h2-4,7-10,13,16,19,29H,5-6,11-12H2,1H3,(H,30,34)(H,36,37)/p-1. The van der Waals surface area contributed by atoms with Crippen LogP contribution in [0.2, 0.25) is 10.0 Å². The zero-order valence-electron chi connectivity index (χ0n) is 20.6. The van der Waals surface area contributed by atoms with E-state index in [0.717, 1.165) is 12.8 Å². The van der Waals surface area contributed by atoms with E-state index in [1.54, 1.807) is 47.3 Å². The summed E-state index contributed by atoms with van der Waals surface area (Å²) in [6.07, 6.45) is 6.22. The van der Waals surface area contributed by atoms with Gasteiger partial charge in [0.25, 0.3) is 11.8 Å². The number of benzene rings is 1. The van der Waals surface area contributed by atoms with E-state index in [-0.39, 0.29) is 47.0 Å². The van der Waals surface area contributed by atoms with Crippen molar-refractivity contribution in [3.05, 3.63) is 81.4 Å². The molecule has 1 fully saturated rings. The normalized spacial score (nSPS) is 19.3. The van der Waals surface area contributed by atoms with E-state index in [2.05, 4.69) is 20.8 Å². The average Bonchev–Trinajstić information content (AvgIpc) is 3.65. The van der Waals surface area contributed by atoms with Crippen LogP contribution in [-0.4, -0.2) is 67.4 Å². The minimum Gasteiger partial charge on any atom is -0.740 e. The highest BCUT2D eigenvalue weighted by atomic mass is 35.5. The van der Waals surface area contributed by atoms with Crippen molar-refractivity contribution in [3.63, 3.8) is 0 Å². The van der Waals surface area contributed by atoms with Gasteiger partial charge in [0.05, 0.1) is 34.4 Å². The molecule has 1 aromatic carbocycles. The summed E-state index contributed by atoms with van der Waals surface area (Å²) in [6, 6.07) is 8.22. The first-order valence-electron chi connectivity index (χ1n) is 12.0. The third-order valence-corrected chi connectivity index (χ3v) is 7.37. The van der Waals surface area contributed by atoms with Gasteiger partial charge in [0.15, 0.2) is 5.76 Å². The van der Waals surface area contributed by atoms with Crippen molar-refractivity contribution in [2.75, 3.05) is 25.5 Å². The molecule has 0 bridgehead atoms. The number of halogens is 2. The summed E-state index contributed by atoms with van der Waals surface area (Å²) in [5.41, 5.74) is 4.19. The number of hydrazone groups is 1. The highest BCUT2D eigenvalue weighted by molar-refractivity contribution is 7.74. The first-order chi connectivity index (χ1) is 18.7. The van der Waals surface area contributed by atoms with Crippen molar-refractivity contribution < 1.29 is 22.5 Å². The van der Waals surface area contributed by atoms with Gasteiger partial charge in [0.1, 0.15) is 17.2 Å². The molecule has 204 valence electrons. The van der Waals surface area contributed by atoms with Crippen molar-refractivity contribution in [1.82, 2.24) is 20.2 Å².